The Hall–Kier alpha value is 0.440. The summed E-state index contributed by atoms with van der Waals surface area (Å²) in [4.78, 5) is 0. The van der Waals surface area contributed by atoms with Crippen LogP contribution in [0.4, 0.5) is 0 Å². The van der Waals surface area contributed by atoms with Gasteiger partial charge in [-0.05, 0) is 42.3 Å². The zero-order valence-corrected chi connectivity index (χ0v) is 10.1. The van der Waals surface area contributed by atoms with Crippen molar-refractivity contribution in [2.24, 2.45) is 0 Å². The normalized spacial score (nSPS) is 10.7. The molecule has 0 bridgehead atoms. The summed E-state index contributed by atoms with van der Waals surface area (Å²) in [5.74, 6) is 0. The van der Waals surface area contributed by atoms with Crippen molar-refractivity contribution in [2.45, 2.75) is 26.4 Å². The third-order valence-electron chi connectivity index (χ3n) is 1.06. The number of rotatable bonds is 2. The van der Waals surface area contributed by atoms with Gasteiger partial charge in [-0.1, -0.05) is 15.9 Å². The molecule has 1 nitrogen and oxygen atoms in total. The lowest BCUT2D eigenvalue weighted by molar-refractivity contribution is 0.130. The van der Waals surface area contributed by atoms with Crippen LogP contribution in [0, 0.1) is 0 Å². The van der Waals surface area contributed by atoms with E-state index in [1.807, 2.05) is 6.92 Å². The SMILES string of the molecule is CC(=C=C(Br)C(C)(C)O)CBr. The highest BCUT2D eigenvalue weighted by molar-refractivity contribution is 9.11. The lowest BCUT2D eigenvalue weighted by Crippen LogP contribution is -2.17. The highest BCUT2D eigenvalue weighted by atomic mass is 79.9. The lowest BCUT2D eigenvalue weighted by Gasteiger charge is -2.13. The van der Waals surface area contributed by atoms with Gasteiger partial charge in [0.2, 0.25) is 0 Å². The van der Waals surface area contributed by atoms with Gasteiger partial charge in [0.1, 0.15) is 0 Å². The van der Waals surface area contributed by atoms with E-state index in [-0.39, 0.29) is 0 Å². The summed E-state index contributed by atoms with van der Waals surface area (Å²) in [6.07, 6.45) is 0. The summed E-state index contributed by atoms with van der Waals surface area (Å²) in [5.41, 5.74) is 3.25. The number of hydrogen-bond donors (Lipinski definition) is 1. The molecule has 0 fully saturated rings. The van der Waals surface area contributed by atoms with Gasteiger partial charge in [-0.25, -0.2) is 0 Å². The molecule has 0 aromatic carbocycles. The molecule has 0 amide bonds. The Morgan fingerprint density at radius 1 is 1.55 bits per heavy atom. The molecular weight excluding hydrogens is 272 g/mol. The quantitative estimate of drug-likeness (QED) is 0.610. The topological polar surface area (TPSA) is 20.2 Å². The first-order chi connectivity index (χ1) is 4.88. The molecule has 0 heterocycles. The maximum absolute atomic E-state index is 9.46. The first-order valence-electron chi connectivity index (χ1n) is 3.28. The van der Waals surface area contributed by atoms with E-state index in [2.05, 4.69) is 37.6 Å². The van der Waals surface area contributed by atoms with Gasteiger partial charge < -0.3 is 5.11 Å². The fourth-order valence-corrected chi connectivity index (χ4v) is 0.852. The van der Waals surface area contributed by atoms with Crippen molar-refractivity contribution in [3.63, 3.8) is 0 Å². The van der Waals surface area contributed by atoms with Crippen molar-refractivity contribution in [1.82, 2.24) is 0 Å². The van der Waals surface area contributed by atoms with Crippen molar-refractivity contribution in [1.29, 1.82) is 0 Å². The average molecular weight is 284 g/mol. The minimum atomic E-state index is -0.830. The van der Waals surface area contributed by atoms with E-state index in [0.29, 0.717) is 4.48 Å². The largest absolute Gasteiger partial charge is 0.385 e. The first-order valence-corrected chi connectivity index (χ1v) is 5.20. The Morgan fingerprint density at radius 2 is 2.00 bits per heavy atom. The number of hydrogen-bond acceptors (Lipinski definition) is 1. The van der Waals surface area contributed by atoms with E-state index in [9.17, 15) is 5.11 Å². The smallest absolute Gasteiger partial charge is 0.0977 e. The Labute approximate surface area is 84.4 Å². The van der Waals surface area contributed by atoms with Gasteiger partial charge in [-0.2, -0.15) is 0 Å². The van der Waals surface area contributed by atoms with Gasteiger partial charge in [0, 0.05) is 5.33 Å². The summed E-state index contributed by atoms with van der Waals surface area (Å²) in [6.45, 7) is 5.37. The van der Waals surface area contributed by atoms with E-state index < -0.39 is 5.60 Å². The van der Waals surface area contributed by atoms with Gasteiger partial charge in [0.25, 0.3) is 0 Å². The summed E-state index contributed by atoms with van der Waals surface area (Å²) in [5, 5.41) is 10.2. The molecular formula is C8H12Br2O. The van der Waals surface area contributed by atoms with E-state index in [4.69, 9.17) is 0 Å². The highest BCUT2D eigenvalue weighted by Crippen LogP contribution is 2.20. The van der Waals surface area contributed by atoms with Gasteiger partial charge in [-0.15, -0.1) is 5.73 Å². The molecule has 64 valence electrons. The molecule has 0 rings (SSSR count). The zero-order valence-electron chi connectivity index (χ0n) is 6.91. The molecule has 11 heavy (non-hydrogen) atoms. The molecule has 0 aliphatic carbocycles. The van der Waals surface area contributed by atoms with Gasteiger partial charge in [0.05, 0.1) is 10.1 Å². The van der Waals surface area contributed by atoms with Crippen LogP contribution in [0.25, 0.3) is 0 Å². The van der Waals surface area contributed by atoms with Crippen LogP contribution in [0.1, 0.15) is 20.8 Å². The van der Waals surface area contributed by atoms with Crippen molar-refractivity contribution < 1.29 is 5.11 Å². The van der Waals surface area contributed by atoms with Crippen LogP contribution >= 0.6 is 31.9 Å². The minimum Gasteiger partial charge on any atom is -0.385 e. The third-order valence-corrected chi connectivity index (χ3v) is 3.07. The van der Waals surface area contributed by atoms with Crippen LogP contribution in [-0.4, -0.2) is 16.0 Å². The van der Waals surface area contributed by atoms with Crippen molar-refractivity contribution in [3.05, 3.63) is 15.8 Å². The molecule has 0 atom stereocenters. The summed E-state index contributed by atoms with van der Waals surface area (Å²) in [6, 6.07) is 0. The maximum Gasteiger partial charge on any atom is 0.0977 e. The minimum absolute atomic E-state index is 0.682. The van der Waals surface area contributed by atoms with E-state index in [1.165, 1.54) is 0 Å². The summed E-state index contributed by atoms with van der Waals surface area (Å²) in [7, 11) is 0. The molecule has 0 aromatic heterocycles. The number of halogens is 2. The molecule has 0 radical (unpaired) electrons. The highest BCUT2D eigenvalue weighted by Gasteiger charge is 2.15. The zero-order chi connectivity index (χ0) is 9.07. The Balaban J connectivity index is 4.72. The summed E-state index contributed by atoms with van der Waals surface area (Å²) >= 11 is 6.55. The fourth-order valence-electron chi connectivity index (χ4n) is 0.374. The Morgan fingerprint density at radius 3 is 2.27 bits per heavy atom. The predicted octanol–water partition coefficient (Wildman–Crippen LogP) is 2.98. The molecule has 0 spiro atoms. The van der Waals surface area contributed by atoms with Crippen molar-refractivity contribution >= 4 is 31.9 Å². The van der Waals surface area contributed by atoms with Crippen LogP contribution in [0.3, 0.4) is 0 Å². The van der Waals surface area contributed by atoms with Crippen molar-refractivity contribution in [2.75, 3.05) is 5.33 Å². The van der Waals surface area contributed by atoms with E-state index in [0.717, 1.165) is 10.9 Å². The second-order valence-electron chi connectivity index (χ2n) is 2.91. The fraction of sp³-hybridized carbons (Fsp3) is 0.625. The summed E-state index contributed by atoms with van der Waals surface area (Å²) < 4.78 is 0.682. The van der Waals surface area contributed by atoms with E-state index >= 15 is 0 Å². The van der Waals surface area contributed by atoms with Crippen LogP contribution in [-0.2, 0) is 0 Å². The number of alkyl halides is 1. The Kier molecular flexibility index (Phi) is 4.64. The molecule has 0 saturated carbocycles. The van der Waals surface area contributed by atoms with Crippen LogP contribution < -0.4 is 0 Å². The van der Waals surface area contributed by atoms with E-state index in [1.54, 1.807) is 13.8 Å². The molecule has 0 aliphatic rings. The Bertz CT molecular complexity index is 195. The van der Waals surface area contributed by atoms with Crippen LogP contribution in [0.15, 0.2) is 15.8 Å². The monoisotopic (exact) mass is 282 g/mol. The van der Waals surface area contributed by atoms with Crippen LogP contribution in [0.5, 0.6) is 0 Å². The molecule has 3 heteroatoms. The molecule has 0 aromatic rings. The van der Waals surface area contributed by atoms with Crippen molar-refractivity contribution in [3.8, 4) is 0 Å². The van der Waals surface area contributed by atoms with Gasteiger partial charge in [-0.3, -0.25) is 0 Å². The third kappa shape index (κ3) is 4.81. The number of aliphatic hydroxyl groups is 1. The predicted molar refractivity (Wildman–Crippen MR) is 55.2 cm³/mol. The first kappa shape index (κ1) is 11.4. The average Bonchev–Trinajstić information content (AvgIpc) is 1.85. The second kappa shape index (κ2) is 4.46. The maximum atomic E-state index is 9.46. The van der Waals surface area contributed by atoms with Gasteiger partial charge >= 0.3 is 0 Å². The molecule has 1 N–H and O–H groups in total. The molecule has 0 unspecified atom stereocenters. The molecule has 0 aliphatic heterocycles. The second-order valence-corrected chi connectivity index (χ2v) is 4.27. The lowest BCUT2D eigenvalue weighted by atomic mass is 10.1. The van der Waals surface area contributed by atoms with Crippen LogP contribution in [0.2, 0.25) is 0 Å². The van der Waals surface area contributed by atoms with Gasteiger partial charge in [0.15, 0.2) is 0 Å². The standard InChI is InChI=1S/C8H12Br2O/c1-6(5-9)4-7(10)8(2,3)11/h11H,5H2,1-3H3. The molecule has 0 saturated heterocycles.